The summed E-state index contributed by atoms with van der Waals surface area (Å²) in [5, 5.41) is 11.6. The summed E-state index contributed by atoms with van der Waals surface area (Å²) in [6.07, 6.45) is 2.30. The topological polar surface area (TPSA) is 66.4 Å². The number of aryl methyl sites for hydroxylation is 2. The SMILES string of the molecule is Cc1ccc(CCC(=O)NC2CC(C(=O)O)C2)cc1. The van der Waals surface area contributed by atoms with Gasteiger partial charge in [0.05, 0.1) is 5.92 Å². The number of amides is 1. The van der Waals surface area contributed by atoms with Gasteiger partial charge in [-0.3, -0.25) is 9.59 Å². The van der Waals surface area contributed by atoms with Crippen molar-refractivity contribution in [2.45, 2.75) is 38.6 Å². The van der Waals surface area contributed by atoms with Crippen LogP contribution in [-0.4, -0.2) is 23.0 Å². The fraction of sp³-hybridized carbons (Fsp3) is 0.467. The first kappa shape index (κ1) is 13.6. The maximum atomic E-state index is 11.7. The quantitative estimate of drug-likeness (QED) is 0.850. The van der Waals surface area contributed by atoms with E-state index in [0.717, 1.165) is 12.0 Å². The molecule has 1 amide bonds. The number of aliphatic carboxylic acids is 1. The molecule has 0 atom stereocenters. The first-order valence-corrected chi connectivity index (χ1v) is 6.62. The van der Waals surface area contributed by atoms with Crippen LogP contribution in [0.3, 0.4) is 0 Å². The van der Waals surface area contributed by atoms with Crippen molar-refractivity contribution in [3.63, 3.8) is 0 Å². The molecule has 0 saturated heterocycles. The van der Waals surface area contributed by atoms with Gasteiger partial charge in [0.2, 0.25) is 5.91 Å². The van der Waals surface area contributed by atoms with E-state index >= 15 is 0 Å². The number of nitrogens with one attached hydrogen (secondary N) is 1. The fourth-order valence-corrected chi connectivity index (χ4v) is 2.25. The van der Waals surface area contributed by atoms with Gasteiger partial charge in [-0.1, -0.05) is 29.8 Å². The van der Waals surface area contributed by atoms with E-state index in [4.69, 9.17) is 5.11 Å². The van der Waals surface area contributed by atoms with Crippen molar-refractivity contribution in [1.82, 2.24) is 5.32 Å². The van der Waals surface area contributed by atoms with Gasteiger partial charge >= 0.3 is 5.97 Å². The van der Waals surface area contributed by atoms with E-state index in [2.05, 4.69) is 5.32 Å². The van der Waals surface area contributed by atoms with Crippen LogP contribution in [0, 0.1) is 12.8 Å². The molecule has 0 radical (unpaired) electrons. The minimum atomic E-state index is -0.759. The lowest BCUT2D eigenvalue weighted by atomic mass is 9.80. The van der Waals surface area contributed by atoms with E-state index in [-0.39, 0.29) is 17.9 Å². The Balaban J connectivity index is 1.68. The Hall–Kier alpha value is -1.84. The van der Waals surface area contributed by atoms with Gasteiger partial charge in [0.15, 0.2) is 0 Å². The summed E-state index contributed by atoms with van der Waals surface area (Å²) in [6, 6.07) is 8.19. The second-order valence-electron chi connectivity index (χ2n) is 5.26. The van der Waals surface area contributed by atoms with Crippen molar-refractivity contribution < 1.29 is 14.7 Å². The number of carboxylic acids is 1. The molecule has 0 spiro atoms. The van der Waals surface area contributed by atoms with Crippen LogP contribution in [0.5, 0.6) is 0 Å². The number of carboxylic acid groups (broad SMARTS) is 1. The zero-order valence-corrected chi connectivity index (χ0v) is 11.1. The van der Waals surface area contributed by atoms with Gasteiger partial charge in [0.1, 0.15) is 0 Å². The average molecular weight is 261 g/mol. The molecule has 1 aromatic carbocycles. The lowest BCUT2D eigenvalue weighted by Crippen LogP contribution is -2.46. The average Bonchev–Trinajstić information content (AvgIpc) is 2.32. The van der Waals surface area contributed by atoms with E-state index in [1.807, 2.05) is 31.2 Å². The molecule has 1 saturated carbocycles. The Bertz CT molecular complexity index is 461. The normalized spacial score (nSPS) is 21.5. The largest absolute Gasteiger partial charge is 0.481 e. The first-order valence-electron chi connectivity index (χ1n) is 6.62. The van der Waals surface area contributed by atoms with Crippen LogP contribution < -0.4 is 5.32 Å². The molecule has 2 rings (SSSR count). The molecule has 4 heteroatoms. The number of carbonyl (C=O) groups excluding carboxylic acids is 1. The molecule has 19 heavy (non-hydrogen) atoms. The van der Waals surface area contributed by atoms with Gasteiger partial charge < -0.3 is 10.4 Å². The molecule has 4 nitrogen and oxygen atoms in total. The molecule has 1 fully saturated rings. The second-order valence-corrected chi connectivity index (χ2v) is 5.26. The van der Waals surface area contributed by atoms with Crippen molar-refractivity contribution in [2.75, 3.05) is 0 Å². The van der Waals surface area contributed by atoms with Gasteiger partial charge in [-0.25, -0.2) is 0 Å². The molecule has 102 valence electrons. The third-order valence-corrected chi connectivity index (χ3v) is 3.61. The molecule has 1 aliphatic carbocycles. The Morgan fingerprint density at radius 1 is 1.26 bits per heavy atom. The van der Waals surface area contributed by atoms with E-state index in [1.165, 1.54) is 5.56 Å². The van der Waals surface area contributed by atoms with Crippen LogP contribution in [0.2, 0.25) is 0 Å². The lowest BCUT2D eigenvalue weighted by molar-refractivity contribution is -0.146. The molecular weight excluding hydrogens is 242 g/mol. The minimum Gasteiger partial charge on any atom is -0.481 e. The zero-order chi connectivity index (χ0) is 13.8. The van der Waals surface area contributed by atoms with Crippen LogP contribution >= 0.6 is 0 Å². The summed E-state index contributed by atoms with van der Waals surface area (Å²) < 4.78 is 0. The Kier molecular flexibility index (Phi) is 4.20. The minimum absolute atomic E-state index is 0.00872. The van der Waals surface area contributed by atoms with Crippen molar-refractivity contribution >= 4 is 11.9 Å². The highest BCUT2D eigenvalue weighted by Crippen LogP contribution is 2.27. The summed E-state index contributed by atoms with van der Waals surface area (Å²) >= 11 is 0. The molecular formula is C15H19NO3. The van der Waals surface area contributed by atoms with Crippen LogP contribution in [0.15, 0.2) is 24.3 Å². The second kappa shape index (κ2) is 5.87. The van der Waals surface area contributed by atoms with Crippen molar-refractivity contribution in [3.05, 3.63) is 35.4 Å². The monoisotopic (exact) mass is 261 g/mol. The van der Waals surface area contributed by atoms with Crippen LogP contribution in [0.25, 0.3) is 0 Å². The number of rotatable bonds is 5. The highest BCUT2D eigenvalue weighted by Gasteiger charge is 2.34. The maximum absolute atomic E-state index is 11.7. The van der Waals surface area contributed by atoms with Crippen LogP contribution in [-0.2, 0) is 16.0 Å². The van der Waals surface area contributed by atoms with Crippen molar-refractivity contribution in [2.24, 2.45) is 5.92 Å². The molecule has 0 aliphatic heterocycles. The fourth-order valence-electron chi connectivity index (χ4n) is 2.25. The standard InChI is InChI=1S/C15H19NO3/c1-10-2-4-11(5-3-10)6-7-14(17)16-13-8-12(9-13)15(18)19/h2-5,12-13H,6-9H2,1H3,(H,16,17)(H,18,19). The number of hydrogen-bond acceptors (Lipinski definition) is 2. The van der Waals surface area contributed by atoms with Gasteiger partial charge in [-0.05, 0) is 31.7 Å². The Morgan fingerprint density at radius 3 is 2.47 bits per heavy atom. The number of benzene rings is 1. The van der Waals surface area contributed by atoms with E-state index in [9.17, 15) is 9.59 Å². The highest BCUT2D eigenvalue weighted by atomic mass is 16.4. The van der Waals surface area contributed by atoms with Crippen molar-refractivity contribution in [3.8, 4) is 0 Å². The number of carbonyl (C=O) groups is 2. The van der Waals surface area contributed by atoms with E-state index < -0.39 is 5.97 Å². The molecule has 0 unspecified atom stereocenters. The predicted octanol–water partition coefficient (Wildman–Crippen LogP) is 1.91. The molecule has 2 N–H and O–H groups in total. The zero-order valence-electron chi connectivity index (χ0n) is 11.1. The predicted molar refractivity (Wildman–Crippen MR) is 71.8 cm³/mol. The van der Waals surface area contributed by atoms with Crippen LogP contribution in [0.4, 0.5) is 0 Å². The Labute approximate surface area is 112 Å². The summed E-state index contributed by atoms with van der Waals surface area (Å²) in [5.74, 6) is -1.03. The summed E-state index contributed by atoms with van der Waals surface area (Å²) in [6.45, 7) is 2.03. The molecule has 1 aliphatic rings. The van der Waals surface area contributed by atoms with Crippen LogP contribution in [0.1, 0.15) is 30.4 Å². The van der Waals surface area contributed by atoms with Gasteiger partial charge in [0.25, 0.3) is 0 Å². The third-order valence-electron chi connectivity index (χ3n) is 3.61. The van der Waals surface area contributed by atoms with E-state index in [1.54, 1.807) is 0 Å². The van der Waals surface area contributed by atoms with Crippen molar-refractivity contribution in [1.29, 1.82) is 0 Å². The molecule has 0 heterocycles. The summed E-state index contributed by atoms with van der Waals surface area (Å²) in [5.41, 5.74) is 2.36. The lowest BCUT2D eigenvalue weighted by Gasteiger charge is -2.32. The van der Waals surface area contributed by atoms with E-state index in [0.29, 0.717) is 19.3 Å². The maximum Gasteiger partial charge on any atom is 0.306 e. The molecule has 0 aromatic heterocycles. The Morgan fingerprint density at radius 2 is 1.89 bits per heavy atom. The smallest absolute Gasteiger partial charge is 0.306 e. The number of hydrogen-bond donors (Lipinski definition) is 2. The van der Waals surface area contributed by atoms with Gasteiger partial charge in [0, 0.05) is 12.5 Å². The summed E-state index contributed by atoms with van der Waals surface area (Å²) in [4.78, 5) is 22.3. The summed E-state index contributed by atoms with van der Waals surface area (Å²) in [7, 11) is 0. The molecule has 0 bridgehead atoms. The first-order chi connectivity index (χ1) is 9.04. The van der Waals surface area contributed by atoms with Gasteiger partial charge in [-0.2, -0.15) is 0 Å². The van der Waals surface area contributed by atoms with Gasteiger partial charge in [-0.15, -0.1) is 0 Å². The molecule has 1 aromatic rings. The third kappa shape index (κ3) is 3.81. The highest BCUT2D eigenvalue weighted by molar-refractivity contribution is 5.77.